The number of hydrogen-bond acceptors (Lipinski definition) is 3. The first-order chi connectivity index (χ1) is 9.26. The number of fused-ring (bicyclic) bond motifs is 3. The fourth-order valence-electron chi connectivity index (χ4n) is 3.31. The van der Waals surface area contributed by atoms with Crippen molar-refractivity contribution >= 4 is 0 Å². The van der Waals surface area contributed by atoms with Crippen LogP contribution in [0.1, 0.15) is 18.1 Å². The number of benzene rings is 1. The van der Waals surface area contributed by atoms with Crippen molar-refractivity contribution in [1.82, 2.24) is 9.80 Å². The van der Waals surface area contributed by atoms with Crippen molar-refractivity contribution < 1.29 is 5.11 Å². The molecule has 1 aromatic rings. The van der Waals surface area contributed by atoms with Crippen LogP contribution in [0.3, 0.4) is 0 Å². The Kier molecular flexibility index (Phi) is 3.87. The summed E-state index contributed by atoms with van der Waals surface area (Å²) < 4.78 is 0. The standard InChI is InChI=1S/C16H24N2O/c1-2-13-3-5-14(6-4-13)11-16(19)15-12-17-7-9-18(15)10-8-17/h3-6,15-16,19H,2,7-12H2,1H3. The van der Waals surface area contributed by atoms with Gasteiger partial charge in [-0.25, -0.2) is 0 Å². The summed E-state index contributed by atoms with van der Waals surface area (Å²) in [7, 11) is 0. The second-order valence-electron chi connectivity index (χ2n) is 5.85. The van der Waals surface area contributed by atoms with Crippen LogP contribution < -0.4 is 0 Å². The van der Waals surface area contributed by atoms with E-state index in [1.807, 2.05) is 0 Å². The SMILES string of the molecule is CCc1ccc(CC(O)C2CN3CCN2CC3)cc1. The molecule has 0 saturated carbocycles. The number of nitrogens with zero attached hydrogens (tertiary/aromatic N) is 2. The number of rotatable bonds is 4. The van der Waals surface area contributed by atoms with E-state index < -0.39 is 0 Å². The number of aliphatic hydroxyl groups is 1. The molecule has 0 aliphatic carbocycles. The Hall–Kier alpha value is -0.900. The Morgan fingerprint density at radius 2 is 1.74 bits per heavy atom. The van der Waals surface area contributed by atoms with Gasteiger partial charge < -0.3 is 5.11 Å². The molecule has 1 N–H and O–H groups in total. The molecule has 4 rings (SSSR count). The predicted molar refractivity (Wildman–Crippen MR) is 77.3 cm³/mol. The van der Waals surface area contributed by atoms with Crippen LogP contribution in [0.2, 0.25) is 0 Å². The van der Waals surface area contributed by atoms with E-state index in [4.69, 9.17) is 0 Å². The zero-order chi connectivity index (χ0) is 13.2. The van der Waals surface area contributed by atoms with E-state index in [1.165, 1.54) is 24.2 Å². The molecule has 3 heteroatoms. The molecule has 3 saturated heterocycles. The zero-order valence-electron chi connectivity index (χ0n) is 11.8. The molecular formula is C16H24N2O. The summed E-state index contributed by atoms with van der Waals surface area (Å²) in [6, 6.07) is 9.02. The van der Waals surface area contributed by atoms with Crippen LogP contribution in [0.4, 0.5) is 0 Å². The summed E-state index contributed by atoms with van der Waals surface area (Å²) in [5.74, 6) is 0. The van der Waals surface area contributed by atoms with E-state index in [2.05, 4.69) is 41.0 Å². The van der Waals surface area contributed by atoms with Crippen molar-refractivity contribution in [2.45, 2.75) is 31.9 Å². The average molecular weight is 260 g/mol. The summed E-state index contributed by atoms with van der Waals surface area (Å²) in [5.41, 5.74) is 2.62. The van der Waals surface area contributed by atoms with Gasteiger partial charge in [-0.2, -0.15) is 0 Å². The number of hydrogen-bond donors (Lipinski definition) is 1. The molecule has 2 atom stereocenters. The second kappa shape index (κ2) is 5.61. The van der Waals surface area contributed by atoms with Crippen LogP contribution in [-0.4, -0.2) is 59.8 Å². The van der Waals surface area contributed by atoms with Crippen molar-refractivity contribution in [1.29, 1.82) is 0 Å². The lowest BCUT2D eigenvalue weighted by Crippen LogP contribution is -2.64. The van der Waals surface area contributed by atoms with Gasteiger partial charge in [0.1, 0.15) is 0 Å². The van der Waals surface area contributed by atoms with Gasteiger partial charge in [0.05, 0.1) is 6.10 Å². The Balaban J connectivity index is 1.62. The highest BCUT2D eigenvalue weighted by atomic mass is 16.3. The molecule has 0 spiro atoms. The van der Waals surface area contributed by atoms with Gasteiger partial charge in [-0.3, -0.25) is 9.80 Å². The number of piperazine rings is 3. The van der Waals surface area contributed by atoms with Gasteiger partial charge in [0, 0.05) is 38.8 Å². The first-order valence-electron chi connectivity index (χ1n) is 7.48. The maximum atomic E-state index is 10.5. The minimum Gasteiger partial charge on any atom is -0.391 e. The molecular weight excluding hydrogens is 236 g/mol. The fraction of sp³-hybridized carbons (Fsp3) is 0.625. The van der Waals surface area contributed by atoms with Gasteiger partial charge in [0.25, 0.3) is 0 Å². The van der Waals surface area contributed by atoms with Gasteiger partial charge in [-0.05, 0) is 24.0 Å². The molecule has 3 aliphatic rings. The normalized spacial score (nSPS) is 31.4. The highest BCUT2D eigenvalue weighted by Gasteiger charge is 2.35. The van der Waals surface area contributed by atoms with Gasteiger partial charge >= 0.3 is 0 Å². The van der Waals surface area contributed by atoms with Crippen molar-refractivity contribution in [2.75, 3.05) is 32.7 Å². The van der Waals surface area contributed by atoms with Crippen LogP contribution in [0, 0.1) is 0 Å². The third-order valence-corrected chi connectivity index (χ3v) is 4.64. The van der Waals surface area contributed by atoms with Gasteiger partial charge in [-0.1, -0.05) is 31.2 Å². The summed E-state index contributed by atoms with van der Waals surface area (Å²) in [6.07, 6.45) is 1.61. The van der Waals surface area contributed by atoms with Crippen molar-refractivity contribution in [3.8, 4) is 0 Å². The van der Waals surface area contributed by atoms with E-state index in [9.17, 15) is 5.11 Å². The van der Waals surface area contributed by atoms with Crippen LogP contribution in [0.25, 0.3) is 0 Å². The van der Waals surface area contributed by atoms with E-state index in [-0.39, 0.29) is 6.10 Å². The minimum absolute atomic E-state index is 0.240. The monoisotopic (exact) mass is 260 g/mol. The first-order valence-corrected chi connectivity index (χ1v) is 7.48. The Labute approximate surface area is 115 Å². The smallest absolute Gasteiger partial charge is 0.0748 e. The highest BCUT2D eigenvalue weighted by Crippen LogP contribution is 2.20. The quantitative estimate of drug-likeness (QED) is 0.880. The van der Waals surface area contributed by atoms with Crippen LogP contribution in [0.5, 0.6) is 0 Å². The highest BCUT2D eigenvalue weighted by molar-refractivity contribution is 5.23. The fourth-order valence-corrected chi connectivity index (χ4v) is 3.31. The van der Waals surface area contributed by atoms with E-state index >= 15 is 0 Å². The molecule has 3 fully saturated rings. The zero-order valence-corrected chi connectivity index (χ0v) is 11.8. The number of aliphatic hydroxyl groups excluding tert-OH is 1. The lowest BCUT2D eigenvalue weighted by atomic mass is 9.96. The molecule has 0 radical (unpaired) electrons. The van der Waals surface area contributed by atoms with Gasteiger partial charge in [0.2, 0.25) is 0 Å². The Morgan fingerprint density at radius 3 is 2.26 bits per heavy atom. The molecule has 3 heterocycles. The molecule has 104 valence electrons. The minimum atomic E-state index is -0.240. The summed E-state index contributed by atoms with van der Waals surface area (Å²) in [4.78, 5) is 4.94. The lowest BCUT2D eigenvalue weighted by Gasteiger charge is -2.49. The summed E-state index contributed by atoms with van der Waals surface area (Å²) >= 11 is 0. The van der Waals surface area contributed by atoms with Crippen LogP contribution >= 0.6 is 0 Å². The van der Waals surface area contributed by atoms with E-state index in [0.29, 0.717) is 6.04 Å². The molecule has 19 heavy (non-hydrogen) atoms. The van der Waals surface area contributed by atoms with Crippen molar-refractivity contribution in [2.24, 2.45) is 0 Å². The maximum Gasteiger partial charge on any atom is 0.0748 e. The van der Waals surface area contributed by atoms with Crippen molar-refractivity contribution in [3.05, 3.63) is 35.4 Å². The Bertz CT molecular complexity index is 409. The summed E-state index contributed by atoms with van der Waals surface area (Å²) in [5, 5.41) is 10.5. The molecule has 2 unspecified atom stereocenters. The average Bonchev–Trinajstić information content (AvgIpc) is 2.49. The number of aryl methyl sites for hydroxylation is 1. The van der Waals surface area contributed by atoms with E-state index in [0.717, 1.165) is 32.5 Å². The first kappa shape index (κ1) is 13.1. The van der Waals surface area contributed by atoms with Gasteiger partial charge in [0.15, 0.2) is 0 Å². The predicted octanol–water partition coefficient (Wildman–Crippen LogP) is 1.15. The third-order valence-electron chi connectivity index (χ3n) is 4.64. The van der Waals surface area contributed by atoms with E-state index in [1.54, 1.807) is 0 Å². The molecule has 3 nitrogen and oxygen atoms in total. The maximum absolute atomic E-state index is 10.5. The lowest BCUT2D eigenvalue weighted by molar-refractivity contribution is -0.0453. The summed E-state index contributed by atoms with van der Waals surface area (Å²) in [6.45, 7) is 7.80. The molecule has 0 amide bonds. The van der Waals surface area contributed by atoms with Gasteiger partial charge in [-0.15, -0.1) is 0 Å². The second-order valence-corrected chi connectivity index (χ2v) is 5.85. The Morgan fingerprint density at radius 1 is 1.11 bits per heavy atom. The molecule has 3 aliphatic heterocycles. The third kappa shape index (κ3) is 2.83. The molecule has 1 aromatic carbocycles. The molecule has 0 aromatic heterocycles. The largest absolute Gasteiger partial charge is 0.391 e. The van der Waals surface area contributed by atoms with Crippen molar-refractivity contribution in [3.63, 3.8) is 0 Å². The molecule has 2 bridgehead atoms. The van der Waals surface area contributed by atoms with Crippen LogP contribution in [0.15, 0.2) is 24.3 Å². The topological polar surface area (TPSA) is 26.7 Å². The van der Waals surface area contributed by atoms with Crippen LogP contribution in [-0.2, 0) is 12.8 Å².